The summed E-state index contributed by atoms with van der Waals surface area (Å²) in [7, 11) is -3.65. The lowest BCUT2D eigenvalue weighted by Crippen LogP contribution is -2.31. The van der Waals surface area contributed by atoms with Crippen molar-refractivity contribution in [3.05, 3.63) is 18.0 Å². The van der Waals surface area contributed by atoms with E-state index in [1.807, 2.05) is 6.92 Å². The molecular weight excluding hydrogens is 256 g/mol. The fourth-order valence-corrected chi connectivity index (χ4v) is 2.85. The molecule has 1 heterocycles. The predicted molar refractivity (Wildman–Crippen MR) is 67.1 cm³/mol. The average Bonchev–Trinajstić information content (AvgIpc) is 2.73. The Balaban J connectivity index is 3.14. The summed E-state index contributed by atoms with van der Waals surface area (Å²) in [6.07, 6.45) is 2.01. The summed E-state index contributed by atoms with van der Waals surface area (Å²) in [5.41, 5.74) is -0.0259. The van der Waals surface area contributed by atoms with Crippen LogP contribution in [0.25, 0.3) is 0 Å². The van der Waals surface area contributed by atoms with Crippen LogP contribution in [0, 0.1) is 0 Å². The lowest BCUT2D eigenvalue weighted by atomic mass is 10.3. The van der Waals surface area contributed by atoms with Gasteiger partial charge in [0.25, 0.3) is 0 Å². The van der Waals surface area contributed by atoms with Gasteiger partial charge in [0, 0.05) is 18.8 Å². The van der Waals surface area contributed by atoms with Crippen molar-refractivity contribution in [1.82, 2.24) is 9.29 Å². The molecule has 0 saturated carbocycles. The number of carbonyl (C=O) groups is 1. The van der Waals surface area contributed by atoms with Gasteiger partial charge in [-0.2, -0.15) is 0 Å². The number of hydrogen-bond acceptors (Lipinski definition) is 3. The summed E-state index contributed by atoms with van der Waals surface area (Å²) in [5, 5.41) is 8.97. The van der Waals surface area contributed by atoms with E-state index in [0.29, 0.717) is 13.0 Å². The van der Waals surface area contributed by atoms with Crippen molar-refractivity contribution in [2.45, 2.75) is 44.7 Å². The third kappa shape index (κ3) is 3.11. The van der Waals surface area contributed by atoms with Gasteiger partial charge >= 0.3 is 5.97 Å². The van der Waals surface area contributed by atoms with Crippen LogP contribution in [0.5, 0.6) is 0 Å². The molecule has 0 saturated heterocycles. The molecule has 1 unspecified atom stereocenters. The number of aromatic nitrogens is 1. The van der Waals surface area contributed by atoms with E-state index in [0.717, 1.165) is 0 Å². The number of nitrogens with one attached hydrogen (secondary N) is 1. The zero-order valence-electron chi connectivity index (χ0n) is 10.7. The lowest BCUT2D eigenvalue weighted by Gasteiger charge is -2.10. The van der Waals surface area contributed by atoms with E-state index in [-0.39, 0.29) is 16.6 Å². The van der Waals surface area contributed by atoms with Gasteiger partial charge in [-0.25, -0.2) is 17.9 Å². The van der Waals surface area contributed by atoms with Gasteiger partial charge in [-0.1, -0.05) is 6.92 Å². The molecule has 18 heavy (non-hydrogen) atoms. The Morgan fingerprint density at radius 1 is 1.50 bits per heavy atom. The number of aryl methyl sites for hydroxylation is 1. The molecular formula is C11H18N2O4S. The number of carboxylic acids is 1. The number of hydrogen-bond donors (Lipinski definition) is 2. The lowest BCUT2D eigenvalue weighted by molar-refractivity contribution is 0.0685. The Bertz CT molecular complexity index is 533. The monoisotopic (exact) mass is 274 g/mol. The topological polar surface area (TPSA) is 88.4 Å². The summed E-state index contributed by atoms with van der Waals surface area (Å²) in [6, 6.07) is 0.990. The van der Waals surface area contributed by atoms with Gasteiger partial charge < -0.3 is 9.67 Å². The Labute approximate surface area is 107 Å². The molecule has 1 rings (SSSR count). The average molecular weight is 274 g/mol. The van der Waals surface area contributed by atoms with Crippen LogP contribution in [0.4, 0.5) is 0 Å². The van der Waals surface area contributed by atoms with E-state index in [2.05, 4.69) is 4.72 Å². The largest absolute Gasteiger partial charge is 0.477 e. The van der Waals surface area contributed by atoms with Crippen LogP contribution in [0.3, 0.4) is 0 Å². The van der Waals surface area contributed by atoms with Gasteiger partial charge in [0.1, 0.15) is 10.6 Å². The highest BCUT2D eigenvalue weighted by atomic mass is 32.2. The highest BCUT2D eigenvalue weighted by molar-refractivity contribution is 7.89. The molecule has 0 spiro atoms. The molecule has 0 aromatic carbocycles. The van der Waals surface area contributed by atoms with Crippen LogP contribution in [0.2, 0.25) is 0 Å². The third-order valence-corrected chi connectivity index (χ3v) is 4.27. The molecule has 1 aromatic heterocycles. The van der Waals surface area contributed by atoms with Crippen molar-refractivity contribution in [3.8, 4) is 0 Å². The molecule has 0 radical (unpaired) electrons. The van der Waals surface area contributed by atoms with Crippen LogP contribution in [0.15, 0.2) is 17.2 Å². The summed E-state index contributed by atoms with van der Waals surface area (Å²) in [6.45, 7) is 5.78. The molecule has 0 aliphatic rings. The Kier molecular flexibility index (Phi) is 4.53. The number of nitrogens with zero attached hydrogens (tertiary/aromatic N) is 1. The minimum Gasteiger partial charge on any atom is -0.477 e. The number of rotatable bonds is 6. The first-order chi connectivity index (χ1) is 8.31. The maximum Gasteiger partial charge on any atom is 0.352 e. The van der Waals surface area contributed by atoms with E-state index in [9.17, 15) is 13.2 Å². The second-order valence-corrected chi connectivity index (χ2v) is 5.80. The highest BCUT2D eigenvalue weighted by Gasteiger charge is 2.21. The smallest absolute Gasteiger partial charge is 0.352 e. The number of carboxylic acid groups (broad SMARTS) is 1. The zero-order chi connectivity index (χ0) is 13.9. The SMILES string of the molecule is CCC(C)NS(=O)(=O)c1cc(C(=O)O)n(CC)c1. The summed E-state index contributed by atoms with van der Waals surface area (Å²) < 4.78 is 27.9. The molecule has 0 amide bonds. The van der Waals surface area contributed by atoms with Crippen molar-refractivity contribution < 1.29 is 18.3 Å². The van der Waals surface area contributed by atoms with Gasteiger partial charge in [-0.05, 0) is 26.3 Å². The number of aromatic carboxylic acids is 1. The molecule has 2 N–H and O–H groups in total. The van der Waals surface area contributed by atoms with Gasteiger partial charge in [0.05, 0.1) is 0 Å². The van der Waals surface area contributed by atoms with Crippen LogP contribution in [-0.4, -0.2) is 30.1 Å². The van der Waals surface area contributed by atoms with E-state index in [1.54, 1.807) is 13.8 Å². The first-order valence-electron chi connectivity index (χ1n) is 5.77. The molecule has 1 atom stereocenters. The van der Waals surface area contributed by atoms with Gasteiger partial charge in [0.2, 0.25) is 10.0 Å². The normalized spacial score (nSPS) is 13.5. The van der Waals surface area contributed by atoms with Crippen LogP contribution in [0.1, 0.15) is 37.7 Å². The van der Waals surface area contributed by atoms with Gasteiger partial charge in [-0.15, -0.1) is 0 Å². The minimum atomic E-state index is -3.65. The molecule has 6 nitrogen and oxygen atoms in total. The van der Waals surface area contributed by atoms with Crippen LogP contribution in [-0.2, 0) is 16.6 Å². The first kappa shape index (κ1) is 14.7. The van der Waals surface area contributed by atoms with E-state index in [4.69, 9.17) is 5.11 Å². The fourth-order valence-electron chi connectivity index (χ4n) is 1.49. The predicted octanol–water partition coefficient (Wildman–Crippen LogP) is 1.28. The molecule has 0 bridgehead atoms. The van der Waals surface area contributed by atoms with Crippen molar-refractivity contribution in [1.29, 1.82) is 0 Å². The number of sulfonamides is 1. The molecule has 0 fully saturated rings. The quantitative estimate of drug-likeness (QED) is 0.818. The van der Waals surface area contributed by atoms with Crippen molar-refractivity contribution in [2.75, 3.05) is 0 Å². The molecule has 0 aliphatic heterocycles. The molecule has 0 aliphatic carbocycles. The summed E-state index contributed by atoms with van der Waals surface area (Å²) in [5.74, 6) is -1.14. The standard InChI is InChI=1S/C11H18N2O4S/c1-4-8(3)12-18(16,17)9-6-10(11(14)15)13(5-2)7-9/h6-8,12H,4-5H2,1-3H3,(H,14,15). The Morgan fingerprint density at radius 3 is 2.50 bits per heavy atom. The van der Waals surface area contributed by atoms with Crippen LogP contribution < -0.4 is 4.72 Å². The van der Waals surface area contributed by atoms with Crippen molar-refractivity contribution >= 4 is 16.0 Å². The summed E-state index contributed by atoms with van der Waals surface area (Å²) >= 11 is 0. The van der Waals surface area contributed by atoms with Crippen LogP contribution >= 0.6 is 0 Å². The molecule has 1 aromatic rings. The Morgan fingerprint density at radius 2 is 2.11 bits per heavy atom. The summed E-state index contributed by atoms with van der Waals surface area (Å²) in [4.78, 5) is 11.0. The van der Waals surface area contributed by atoms with Crippen molar-refractivity contribution in [3.63, 3.8) is 0 Å². The Hall–Kier alpha value is -1.34. The zero-order valence-corrected chi connectivity index (χ0v) is 11.5. The second-order valence-electron chi connectivity index (χ2n) is 4.08. The minimum absolute atomic E-state index is 0.0120. The van der Waals surface area contributed by atoms with E-state index < -0.39 is 16.0 Å². The highest BCUT2D eigenvalue weighted by Crippen LogP contribution is 2.15. The van der Waals surface area contributed by atoms with E-state index >= 15 is 0 Å². The maximum absolute atomic E-state index is 12.0. The van der Waals surface area contributed by atoms with Gasteiger partial charge in [0.15, 0.2) is 0 Å². The van der Waals surface area contributed by atoms with Crippen molar-refractivity contribution in [2.24, 2.45) is 0 Å². The second kappa shape index (κ2) is 5.53. The fraction of sp³-hybridized carbons (Fsp3) is 0.545. The molecule has 7 heteroatoms. The maximum atomic E-state index is 12.0. The first-order valence-corrected chi connectivity index (χ1v) is 7.26. The van der Waals surface area contributed by atoms with Gasteiger partial charge in [-0.3, -0.25) is 0 Å². The molecule has 102 valence electrons. The third-order valence-electron chi connectivity index (χ3n) is 2.71. The van der Waals surface area contributed by atoms with E-state index in [1.165, 1.54) is 16.8 Å².